The summed E-state index contributed by atoms with van der Waals surface area (Å²) < 4.78 is 1.55. The number of carbonyl (C=O) groups is 2. The molecule has 0 aliphatic carbocycles. The average molecular weight is 314 g/mol. The molecule has 2 amide bonds. The molecular formula is C14H14N6O3. The zero-order valence-corrected chi connectivity index (χ0v) is 12.3. The van der Waals surface area contributed by atoms with Crippen molar-refractivity contribution in [3.05, 3.63) is 41.9 Å². The van der Waals surface area contributed by atoms with Gasteiger partial charge >= 0.3 is 0 Å². The summed E-state index contributed by atoms with van der Waals surface area (Å²) >= 11 is 0. The Bertz CT molecular complexity index is 797. The lowest BCUT2D eigenvalue weighted by Crippen LogP contribution is -2.34. The Balaban J connectivity index is 1.82. The Hall–Kier alpha value is -3.07. The molecule has 1 aliphatic rings. The molecule has 0 spiro atoms. The lowest BCUT2D eigenvalue weighted by atomic mass is 10.2. The van der Waals surface area contributed by atoms with Crippen LogP contribution in [0.2, 0.25) is 0 Å². The van der Waals surface area contributed by atoms with E-state index in [2.05, 4.69) is 20.8 Å². The van der Waals surface area contributed by atoms with Gasteiger partial charge < -0.3 is 10.4 Å². The highest BCUT2D eigenvalue weighted by Gasteiger charge is 2.30. The van der Waals surface area contributed by atoms with Gasteiger partial charge in [-0.15, -0.1) is 5.10 Å². The smallest absolute Gasteiger partial charge is 0.277 e. The fraction of sp³-hybridized carbons (Fsp3) is 0.214. The molecule has 0 saturated carbocycles. The van der Waals surface area contributed by atoms with Gasteiger partial charge in [0.15, 0.2) is 5.82 Å². The number of aryl methyl sites for hydroxylation is 1. The van der Waals surface area contributed by atoms with Gasteiger partial charge in [0.25, 0.3) is 11.8 Å². The first kappa shape index (κ1) is 14.9. The Labute approximate surface area is 131 Å². The highest BCUT2D eigenvalue weighted by molar-refractivity contribution is 6.17. The SMILES string of the molecule is Cc1nnnn1-c1cccc(NC2=CC(=O)N(CCO)C2=O)c1. The number of hydrogen-bond donors (Lipinski definition) is 2. The maximum Gasteiger partial charge on any atom is 0.277 e. The Morgan fingerprint density at radius 3 is 2.83 bits per heavy atom. The van der Waals surface area contributed by atoms with Crippen molar-refractivity contribution < 1.29 is 14.7 Å². The van der Waals surface area contributed by atoms with Crippen molar-refractivity contribution in [3.8, 4) is 5.69 Å². The predicted octanol–water partition coefficient (Wildman–Crippen LogP) is -0.372. The van der Waals surface area contributed by atoms with Gasteiger partial charge in [-0.3, -0.25) is 14.5 Å². The molecule has 2 N–H and O–H groups in total. The van der Waals surface area contributed by atoms with Gasteiger partial charge in [-0.25, -0.2) is 0 Å². The third kappa shape index (κ3) is 2.81. The van der Waals surface area contributed by atoms with E-state index >= 15 is 0 Å². The van der Waals surface area contributed by atoms with Crippen LogP contribution in [-0.2, 0) is 9.59 Å². The normalized spacial score (nSPS) is 14.3. The number of imide groups is 1. The van der Waals surface area contributed by atoms with Crippen LogP contribution in [0.3, 0.4) is 0 Å². The summed E-state index contributed by atoms with van der Waals surface area (Å²) in [7, 11) is 0. The Kier molecular flexibility index (Phi) is 3.85. The number of hydrogen-bond acceptors (Lipinski definition) is 7. The van der Waals surface area contributed by atoms with Gasteiger partial charge in [-0.05, 0) is 35.5 Å². The van der Waals surface area contributed by atoms with Crippen LogP contribution in [0.5, 0.6) is 0 Å². The molecule has 9 heteroatoms. The summed E-state index contributed by atoms with van der Waals surface area (Å²) in [5, 5.41) is 23.1. The summed E-state index contributed by atoms with van der Waals surface area (Å²) in [6, 6.07) is 7.13. The van der Waals surface area contributed by atoms with Crippen molar-refractivity contribution in [2.24, 2.45) is 0 Å². The van der Waals surface area contributed by atoms with E-state index in [0.717, 1.165) is 10.6 Å². The maximum atomic E-state index is 12.1. The lowest BCUT2D eigenvalue weighted by molar-refractivity contribution is -0.137. The zero-order chi connectivity index (χ0) is 16.4. The summed E-state index contributed by atoms with van der Waals surface area (Å²) in [6.07, 6.45) is 1.22. The van der Waals surface area contributed by atoms with Crippen molar-refractivity contribution in [1.29, 1.82) is 0 Å². The number of tetrazole rings is 1. The quantitative estimate of drug-likeness (QED) is 0.724. The number of anilines is 1. The van der Waals surface area contributed by atoms with E-state index in [1.165, 1.54) is 6.08 Å². The van der Waals surface area contributed by atoms with Gasteiger partial charge in [-0.2, -0.15) is 4.68 Å². The highest BCUT2D eigenvalue weighted by Crippen LogP contribution is 2.19. The molecule has 9 nitrogen and oxygen atoms in total. The molecule has 2 aromatic rings. The zero-order valence-electron chi connectivity index (χ0n) is 12.3. The molecule has 23 heavy (non-hydrogen) atoms. The van der Waals surface area contributed by atoms with Crippen LogP contribution < -0.4 is 5.32 Å². The molecule has 0 saturated heterocycles. The minimum absolute atomic E-state index is 0.0246. The van der Waals surface area contributed by atoms with Gasteiger partial charge in [-0.1, -0.05) is 6.07 Å². The van der Waals surface area contributed by atoms with Crippen LogP contribution in [0.15, 0.2) is 36.0 Å². The second kappa shape index (κ2) is 5.97. The first-order chi connectivity index (χ1) is 11.1. The molecule has 0 unspecified atom stereocenters. The maximum absolute atomic E-state index is 12.1. The van der Waals surface area contributed by atoms with Crippen molar-refractivity contribution >= 4 is 17.5 Å². The van der Waals surface area contributed by atoms with E-state index in [4.69, 9.17) is 5.11 Å². The Morgan fingerprint density at radius 2 is 2.13 bits per heavy atom. The first-order valence-corrected chi connectivity index (χ1v) is 6.91. The van der Waals surface area contributed by atoms with E-state index in [1.807, 2.05) is 6.07 Å². The molecule has 0 bridgehead atoms. The van der Waals surface area contributed by atoms with Crippen LogP contribution in [0.25, 0.3) is 5.69 Å². The number of benzene rings is 1. The first-order valence-electron chi connectivity index (χ1n) is 6.91. The minimum atomic E-state index is -0.465. The Morgan fingerprint density at radius 1 is 1.30 bits per heavy atom. The molecular weight excluding hydrogens is 300 g/mol. The number of nitrogens with one attached hydrogen (secondary N) is 1. The molecule has 2 heterocycles. The van der Waals surface area contributed by atoms with Crippen molar-refractivity contribution in [2.75, 3.05) is 18.5 Å². The third-order valence-electron chi connectivity index (χ3n) is 3.33. The fourth-order valence-corrected chi connectivity index (χ4v) is 2.25. The number of aromatic nitrogens is 4. The summed E-state index contributed by atoms with van der Waals surface area (Å²) in [5.41, 5.74) is 1.51. The number of nitrogens with zero attached hydrogens (tertiary/aromatic N) is 5. The molecule has 3 rings (SSSR count). The van der Waals surface area contributed by atoms with Crippen LogP contribution in [0.1, 0.15) is 5.82 Å². The van der Waals surface area contributed by atoms with Crippen LogP contribution in [0, 0.1) is 6.92 Å². The summed E-state index contributed by atoms with van der Waals surface area (Å²) in [6.45, 7) is 1.48. The van der Waals surface area contributed by atoms with Crippen molar-refractivity contribution in [1.82, 2.24) is 25.1 Å². The highest BCUT2D eigenvalue weighted by atomic mass is 16.3. The molecule has 1 aromatic carbocycles. The van der Waals surface area contributed by atoms with Crippen LogP contribution in [-0.4, -0.2) is 55.2 Å². The van der Waals surface area contributed by atoms with Gasteiger partial charge in [0.1, 0.15) is 5.70 Å². The lowest BCUT2D eigenvalue weighted by Gasteiger charge is -2.13. The average Bonchev–Trinajstić information content (AvgIpc) is 3.07. The minimum Gasteiger partial charge on any atom is -0.395 e. The van der Waals surface area contributed by atoms with E-state index in [-0.39, 0.29) is 18.8 Å². The third-order valence-corrected chi connectivity index (χ3v) is 3.33. The number of rotatable bonds is 5. The van der Waals surface area contributed by atoms with Crippen molar-refractivity contribution in [2.45, 2.75) is 6.92 Å². The van der Waals surface area contributed by atoms with E-state index < -0.39 is 11.8 Å². The van der Waals surface area contributed by atoms with Crippen molar-refractivity contribution in [3.63, 3.8) is 0 Å². The van der Waals surface area contributed by atoms with E-state index in [9.17, 15) is 9.59 Å². The molecule has 118 valence electrons. The van der Waals surface area contributed by atoms with Gasteiger partial charge in [0.2, 0.25) is 0 Å². The molecule has 0 radical (unpaired) electrons. The predicted molar refractivity (Wildman–Crippen MR) is 79.4 cm³/mol. The van der Waals surface area contributed by atoms with E-state index in [0.29, 0.717) is 11.5 Å². The second-order valence-electron chi connectivity index (χ2n) is 4.89. The fourth-order valence-electron chi connectivity index (χ4n) is 2.25. The number of carbonyl (C=O) groups excluding carboxylic acids is 2. The number of β-amino-alcohol motifs (C(OH)–C–C–N with tert-alkyl or cyclic N) is 1. The molecule has 1 aromatic heterocycles. The van der Waals surface area contributed by atoms with Gasteiger partial charge in [0.05, 0.1) is 18.8 Å². The number of aliphatic hydroxyl groups is 1. The van der Waals surface area contributed by atoms with Crippen LogP contribution in [0.4, 0.5) is 5.69 Å². The topological polar surface area (TPSA) is 113 Å². The molecule has 0 atom stereocenters. The number of amides is 2. The number of aliphatic hydroxyl groups excluding tert-OH is 1. The second-order valence-corrected chi connectivity index (χ2v) is 4.89. The standard InChI is InChI=1S/C14H14N6O3/c1-9-16-17-18-20(9)11-4-2-3-10(7-11)15-12-8-13(22)19(5-6-21)14(12)23/h2-4,7-8,15,21H,5-6H2,1H3. The van der Waals surface area contributed by atoms with Crippen LogP contribution >= 0.6 is 0 Å². The molecule has 0 fully saturated rings. The van der Waals surface area contributed by atoms with Gasteiger partial charge in [0, 0.05) is 11.8 Å². The largest absolute Gasteiger partial charge is 0.395 e. The molecule has 1 aliphatic heterocycles. The summed E-state index contributed by atoms with van der Waals surface area (Å²) in [4.78, 5) is 24.8. The van der Waals surface area contributed by atoms with E-state index in [1.54, 1.807) is 29.8 Å². The summed E-state index contributed by atoms with van der Waals surface area (Å²) in [5.74, 6) is -0.283. The monoisotopic (exact) mass is 314 g/mol.